The third-order valence-electron chi connectivity index (χ3n) is 4.59. The smallest absolute Gasteiger partial charge is 0.0700 e. The molecule has 0 heterocycles. The number of ether oxygens (including phenoxy) is 4. The zero-order valence-electron chi connectivity index (χ0n) is 17.9. The van der Waals surface area contributed by atoms with Gasteiger partial charge in [0.25, 0.3) is 0 Å². The van der Waals surface area contributed by atoms with Crippen LogP contribution in [0.1, 0.15) is 85.0 Å². The molecule has 0 unspecified atom stereocenters. The fourth-order valence-corrected chi connectivity index (χ4v) is 2.75. The van der Waals surface area contributed by atoms with E-state index < -0.39 is 0 Å². The second kappa shape index (κ2) is 22.9. The molecule has 0 bridgehead atoms. The van der Waals surface area contributed by atoms with Crippen molar-refractivity contribution in [1.29, 1.82) is 0 Å². The minimum Gasteiger partial charge on any atom is -0.379 e. The Labute approximate surface area is 163 Å². The lowest BCUT2D eigenvalue weighted by Crippen LogP contribution is -2.13. The van der Waals surface area contributed by atoms with Gasteiger partial charge in [0.1, 0.15) is 0 Å². The highest BCUT2D eigenvalue weighted by Crippen LogP contribution is 2.18. The van der Waals surface area contributed by atoms with Crippen LogP contribution >= 0.6 is 0 Å². The van der Waals surface area contributed by atoms with E-state index in [-0.39, 0.29) is 0 Å². The Morgan fingerprint density at radius 3 is 1.27 bits per heavy atom. The van der Waals surface area contributed by atoms with Gasteiger partial charge in [-0.3, -0.25) is 0 Å². The molecule has 4 heteroatoms. The third kappa shape index (κ3) is 20.2. The zero-order chi connectivity index (χ0) is 19.1. The van der Waals surface area contributed by atoms with Crippen molar-refractivity contribution in [3.63, 3.8) is 0 Å². The molecule has 0 aliphatic carbocycles. The van der Waals surface area contributed by atoms with Gasteiger partial charge >= 0.3 is 0 Å². The molecule has 0 amide bonds. The highest BCUT2D eigenvalue weighted by Gasteiger charge is 2.09. The van der Waals surface area contributed by atoms with E-state index in [1.165, 1.54) is 38.5 Å². The Morgan fingerprint density at radius 1 is 0.423 bits per heavy atom. The van der Waals surface area contributed by atoms with Gasteiger partial charge in [0.05, 0.1) is 26.4 Å². The fraction of sp³-hybridized carbons (Fsp3) is 1.00. The van der Waals surface area contributed by atoms with Gasteiger partial charge in [0, 0.05) is 26.4 Å². The maximum Gasteiger partial charge on any atom is 0.0700 e. The summed E-state index contributed by atoms with van der Waals surface area (Å²) in [5.41, 5.74) is 0. The molecule has 0 saturated carbocycles. The Morgan fingerprint density at radius 2 is 0.846 bits per heavy atom. The van der Waals surface area contributed by atoms with Crippen molar-refractivity contribution in [2.24, 2.45) is 5.92 Å². The van der Waals surface area contributed by atoms with Gasteiger partial charge in [-0.05, 0) is 31.6 Å². The quantitative estimate of drug-likeness (QED) is 0.230. The van der Waals surface area contributed by atoms with Crippen molar-refractivity contribution in [2.75, 3.05) is 52.9 Å². The number of hydrogen-bond acceptors (Lipinski definition) is 4. The highest BCUT2D eigenvalue weighted by atomic mass is 16.5. The average Bonchev–Trinajstić information content (AvgIpc) is 2.65. The summed E-state index contributed by atoms with van der Waals surface area (Å²) in [4.78, 5) is 0. The molecule has 0 atom stereocenters. The van der Waals surface area contributed by atoms with Crippen LogP contribution in [0.25, 0.3) is 0 Å². The molecular weight excluding hydrogens is 328 g/mol. The topological polar surface area (TPSA) is 36.9 Å². The van der Waals surface area contributed by atoms with Gasteiger partial charge in [0.15, 0.2) is 0 Å². The molecule has 0 aromatic rings. The van der Waals surface area contributed by atoms with E-state index in [1.54, 1.807) is 0 Å². The van der Waals surface area contributed by atoms with E-state index >= 15 is 0 Å². The Bertz CT molecular complexity index is 228. The number of unbranched alkanes of at least 4 members (excludes halogenated alkanes) is 4. The molecule has 0 saturated heterocycles. The van der Waals surface area contributed by atoms with Crippen LogP contribution in [-0.4, -0.2) is 52.9 Å². The molecule has 0 spiro atoms. The largest absolute Gasteiger partial charge is 0.379 e. The second-order valence-electron chi connectivity index (χ2n) is 7.10. The SMILES string of the molecule is CCCCCC(CCOCCOCCCC)CCOCCOCCCC. The second-order valence-corrected chi connectivity index (χ2v) is 7.10. The molecule has 0 aliphatic rings. The minimum atomic E-state index is 0.712. The molecule has 0 aromatic heterocycles. The molecule has 0 fully saturated rings. The lowest BCUT2D eigenvalue weighted by Gasteiger charge is -2.17. The van der Waals surface area contributed by atoms with Crippen LogP contribution in [-0.2, 0) is 18.9 Å². The zero-order valence-corrected chi connectivity index (χ0v) is 17.9. The Hall–Kier alpha value is -0.160. The number of hydrogen-bond donors (Lipinski definition) is 0. The summed E-state index contributed by atoms with van der Waals surface area (Å²) in [5, 5.41) is 0. The van der Waals surface area contributed by atoms with Gasteiger partial charge in [-0.1, -0.05) is 59.3 Å². The van der Waals surface area contributed by atoms with Gasteiger partial charge in [0.2, 0.25) is 0 Å². The minimum absolute atomic E-state index is 0.712. The summed E-state index contributed by atoms with van der Waals surface area (Å²) in [6, 6.07) is 0. The summed E-state index contributed by atoms with van der Waals surface area (Å²) >= 11 is 0. The van der Waals surface area contributed by atoms with Crippen LogP contribution in [0.15, 0.2) is 0 Å². The summed E-state index contributed by atoms with van der Waals surface area (Å²) in [5.74, 6) is 0.712. The van der Waals surface area contributed by atoms with Gasteiger partial charge < -0.3 is 18.9 Å². The molecule has 0 N–H and O–H groups in total. The first-order valence-electron chi connectivity index (χ1n) is 11.2. The Kier molecular flexibility index (Phi) is 22.7. The van der Waals surface area contributed by atoms with E-state index in [0.717, 1.165) is 78.5 Å². The molecule has 0 rings (SSSR count). The molecule has 0 aliphatic heterocycles. The first-order chi connectivity index (χ1) is 12.8. The fourth-order valence-electron chi connectivity index (χ4n) is 2.75. The van der Waals surface area contributed by atoms with Crippen LogP contribution in [0.3, 0.4) is 0 Å². The van der Waals surface area contributed by atoms with Crippen molar-refractivity contribution in [3.8, 4) is 0 Å². The normalized spacial score (nSPS) is 11.5. The lowest BCUT2D eigenvalue weighted by molar-refractivity contribution is 0.0307. The summed E-state index contributed by atoms with van der Waals surface area (Å²) < 4.78 is 22.6. The summed E-state index contributed by atoms with van der Waals surface area (Å²) in [6.45, 7) is 12.9. The van der Waals surface area contributed by atoms with Crippen molar-refractivity contribution in [3.05, 3.63) is 0 Å². The van der Waals surface area contributed by atoms with Crippen LogP contribution < -0.4 is 0 Å². The van der Waals surface area contributed by atoms with E-state index in [1.807, 2.05) is 0 Å². The van der Waals surface area contributed by atoms with E-state index in [4.69, 9.17) is 18.9 Å². The van der Waals surface area contributed by atoms with Crippen LogP contribution in [0.5, 0.6) is 0 Å². The predicted octanol–water partition coefficient (Wildman–Crippen LogP) is 5.63. The average molecular weight is 375 g/mol. The van der Waals surface area contributed by atoms with E-state index in [9.17, 15) is 0 Å². The molecule has 26 heavy (non-hydrogen) atoms. The standard InChI is InChI=1S/C22H46O4/c1-4-7-10-11-22(12-16-25-20-18-23-14-8-5-2)13-17-26-21-19-24-15-9-6-3/h22H,4-21H2,1-3H3. The first kappa shape index (κ1) is 25.8. The molecule has 158 valence electrons. The van der Waals surface area contributed by atoms with Crippen LogP contribution in [0, 0.1) is 5.92 Å². The summed E-state index contributed by atoms with van der Waals surface area (Å²) in [6.07, 6.45) is 12.2. The molecule has 0 radical (unpaired) electrons. The highest BCUT2D eigenvalue weighted by molar-refractivity contribution is 4.60. The van der Waals surface area contributed by atoms with Crippen molar-refractivity contribution >= 4 is 0 Å². The number of rotatable bonds is 22. The maximum atomic E-state index is 5.75. The lowest BCUT2D eigenvalue weighted by atomic mass is 9.95. The first-order valence-corrected chi connectivity index (χ1v) is 11.2. The third-order valence-corrected chi connectivity index (χ3v) is 4.59. The van der Waals surface area contributed by atoms with Gasteiger partial charge in [-0.15, -0.1) is 0 Å². The maximum absolute atomic E-state index is 5.75. The summed E-state index contributed by atoms with van der Waals surface area (Å²) in [7, 11) is 0. The Balaban J connectivity index is 3.63. The van der Waals surface area contributed by atoms with E-state index in [0.29, 0.717) is 5.92 Å². The molecular formula is C22H46O4. The van der Waals surface area contributed by atoms with Gasteiger partial charge in [-0.25, -0.2) is 0 Å². The van der Waals surface area contributed by atoms with Crippen LogP contribution in [0.2, 0.25) is 0 Å². The van der Waals surface area contributed by atoms with Gasteiger partial charge in [-0.2, -0.15) is 0 Å². The monoisotopic (exact) mass is 374 g/mol. The van der Waals surface area contributed by atoms with Crippen molar-refractivity contribution in [1.82, 2.24) is 0 Å². The molecule has 4 nitrogen and oxygen atoms in total. The van der Waals surface area contributed by atoms with Crippen LogP contribution in [0.4, 0.5) is 0 Å². The van der Waals surface area contributed by atoms with Crippen molar-refractivity contribution < 1.29 is 18.9 Å². The predicted molar refractivity (Wildman–Crippen MR) is 110 cm³/mol. The molecule has 0 aromatic carbocycles. The van der Waals surface area contributed by atoms with E-state index in [2.05, 4.69) is 20.8 Å². The van der Waals surface area contributed by atoms with Crippen molar-refractivity contribution in [2.45, 2.75) is 85.0 Å².